The minimum atomic E-state index is -0.162. The number of hydrogen-bond acceptors (Lipinski definition) is 5. The summed E-state index contributed by atoms with van der Waals surface area (Å²) in [6.45, 7) is 6.05. The smallest absolute Gasteiger partial charge is 0.409 e. The molecule has 2 aromatic heterocycles. The van der Waals surface area contributed by atoms with E-state index in [1.807, 2.05) is 22.4 Å². The molecular weight excluding hydrogens is 360 g/mol. The van der Waals surface area contributed by atoms with E-state index in [0.717, 1.165) is 64.4 Å². The molecule has 2 saturated heterocycles. The van der Waals surface area contributed by atoms with E-state index in [2.05, 4.69) is 27.1 Å². The van der Waals surface area contributed by atoms with Gasteiger partial charge in [-0.15, -0.1) is 11.3 Å². The van der Waals surface area contributed by atoms with Crippen molar-refractivity contribution in [1.29, 1.82) is 0 Å². The number of carbonyl (C=O) groups is 1. The molecule has 0 spiro atoms. The van der Waals surface area contributed by atoms with Crippen molar-refractivity contribution in [3.63, 3.8) is 0 Å². The Bertz CT molecular complexity index is 830. The number of likely N-dealkylation sites (tertiary alicyclic amines) is 1. The molecular formula is C20H24N4O2S. The first-order valence-corrected chi connectivity index (χ1v) is 10.6. The second-order valence-electron chi connectivity index (χ2n) is 7.39. The minimum absolute atomic E-state index is 0.162. The lowest BCUT2D eigenvalue weighted by Crippen LogP contribution is -2.38. The highest BCUT2D eigenvalue weighted by molar-refractivity contribution is 7.11. The van der Waals surface area contributed by atoms with E-state index in [9.17, 15) is 4.79 Å². The molecule has 0 atom stereocenters. The van der Waals surface area contributed by atoms with Gasteiger partial charge >= 0.3 is 6.09 Å². The highest BCUT2D eigenvalue weighted by atomic mass is 32.1. The average Bonchev–Trinajstić information content (AvgIpc) is 3.41. The second kappa shape index (κ2) is 7.13. The number of fused-ring (bicyclic) bond motifs is 2. The lowest BCUT2D eigenvalue weighted by atomic mass is 9.95. The number of aromatic nitrogens is 2. The van der Waals surface area contributed by atoms with Crippen molar-refractivity contribution >= 4 is 23.0 Å². The summed E-state index contributed by atoms with van der Waals surface area (Å²) in [4.78, 5) is 22.0. The molecule has 6 nitrogen and oxygen atoms in total. The number of thiophene rings is 1. The van der Waals surface area contributed by atoms with Gasteiger partial charge in [-0.05, 0) is 36.3 Å². The van der Waals surface area contributed by atoms with Gasteiger partial charge < -0.3 is 19.1 Å². The quantitative estimate of drug-likeness (QED) is 0.817. The summed E-state index contributed by atoms with van der Waals surface area (Å²) in [6, 6.07) is 2.28. The number of rotatable bonds is 3. The van der Waals surface area contributed by atoms with Gasteiger partial charge in [-0.3, -0.25) is 0 Å². The number of amides is 1. The zero-order chi connectivity index (χ0) is 18.2. The Morgan fingerprint density at radius 1 is 1.11 bits per heavy atom. The van der Waals surface area contributed by atoms with Gasteiger partial charge in [0.1, 0.15) is 12.4 Å². The Labute approximate surface area is 163 Å². The molecule has 2 aromatic rings. The van der Waals surface area contributed by atoms with E-state index in [0.29, 0.717) is 6.61 Å². The van der Waals surface area contributed by atoms with Gasteiger partial charge in [0.25, 0.3) is 0 Å². The summed E-state index contributed by atoms with van der Waals surface area (Å²) in [5.41, 5.74) is 4.37. The third-order valence-electron chi connectivity index (χ3n) is 5.88. The molecule has 3 aliphatic rings. The maximum absolute atomic E-state index is 11.6. The molecule has 5 heterocycles. The van der Waals surface area contributed by atoms with Crippen molar-refractivity contribution in [3.05, 3.63) is 45.7 Å². The summed E-state index contributed by atoms with van der Waals surface area (Å²) in [7, 11) is 0. The van der Waals surface area contributed by atoms with Gasteiger partial charge in [-0.1, -0.05) is 5.57 Å². The monoisotopic (exact) mass is 384 g/mol. The molecule has 0 saturated carbocycles. The highest BCUT2D eigenvalue weighted by Crippen LogP contribution is 2.38. The van der Waals surface area contributed by atoms with Crippen LogP contribution >= 0.6 is 11.3 Å². The molecule has 0 aromatic carbocycles. The molecule has 0 radical (unpaired) electrons. The molecule has 0 N–H and O–H groups in total. The molecule has 3 aliphatic heterocycles. The van der Waals surface area contributed by atoms with Crippen molar-refractivity contribution in [1.82, 2.24) is 19.4 Å². The van der Waals surface area contributed by atoms with E-state index >= 15 is 0 Å². The van der Waals surface area contributed by atoms with Crippen molar-refractivity contribution in [2.45, 2.75) is 25.8 Å². The van der Waals surface area contributed by atoms with E-state index in [-0.39, 0.29) is 6.09 Å². The van der Waals surface area contributed by atoms with Crippen LogP contribution in [0.2, 0.25) is 0 Å². The van der Waals surface area contributed by atoms with Crippen LogP contribution in [-0.4, -0.2) is 64.8 Å². The fraction of sp³-hybridized carbons (Fsp3) is 0.500. The van der Waals surface area contributed by atoms with E-state index in [4.69, 9.17) is 9.72 Å². The first kappa shape index (κ1) is 17.0. The number of cyclic esters (lactones) is 1. The van der Waals surface area contributed by atoms with E-state index in [1.54, 1.807) is 0 Å². The van der Waals surface area contributed by atoms with Crippen LogP contribution in [0.3, 0.4) is 0 Å². The Balaban J connectivity index is 1.33. The van der Waals surface area contributed by atoms with Crippen LogP contribution in [0.5, 0.6) is 0 Å². The van der Waals surface area contributed by atoms with Crippen LogP contribution < -0.4 is 0 Å². The Morgan fingerprint density at radius 3 is 2.81 bits per heavy atom. The second-order valence-corrected chi connectivity index (χ2v) is 8.31. The lowest BCUT2D eigenvalue weighted by Gasteiger charge is -2.30. The van der Waals surface area contributed by atoms with Gasteiger partial charge in [0, 0.05) is 55.6 Å². The number of imidazole rings is 1. The number of hydrogen-bond donors (Lipinski definition) is 0. The van der Waals surface area contributed by atoms with E-state index in [1.165, 1.54) is 21.6 Å². The number of carbonyl (C=O) groups excluding carboxylic acids is 1. The molecule has 27 heavy (non-hydrogen) atoms. The summed E-state index contributed by atoms with van der Waals surface area (Å²) in [5, 5.41) is 2.22. The molecule has 0 bridgehead atoms. The SMILES string of the molecule is O=C1OCCN1CCN1CCC(=C2c3sccc3CCn3ccnc32)CC1. The Kier molecular flexibility index (Phi) is 4.49. The fourth-order valence-corrected chi connectivity index (χ4v) is 5.36. The van der Waals surface area contributed by atoms with Crippen molar-refractivity contribution in [2.75, 3.05) is 39.3 Å². The van der Waals surface area contributed by atoms with Crippen molar-refractivity contribution in [3.8, 4) is 0 Å². The first-order valence-electron chi connectivity index (χ1n) is 9.74. The summed E-state index contributed by atoms with van der Waals surface area (Å²) in [5.74, 6) is 1.14. The zero-order valence-corrected chi connectivity index (χ0v) is 16.2. The van der Waals surface area contributed by atoms with Crippen LogP contribution in [-0.2, 0) is 17.7 Å². The third kappa shape index (κ3) is 3.19. The Hall–Kier alpha value is -2.12. The van der Waals surface area contributed by atoms with Crippen molar-refractivity contribution in [2.24, 2.45) is 0 Å². The Morgan fingerprint density at radius 2 is 2.00 bits per heavy atom. The number of ether oxygens (including phenoxy) is 1. The van der Waals surface area contributed by atoms with Crippen LogP contribution in [0.15, 0.2) is 29.4 Å². The lowest BCUT2D eigenvalue weighted by molar-refractivity contribution is 0.152. The zero-order valence-electron chi connectivity index (χ0n) is 15.4. The summed E-state index contributed by atoms with van der Waals surface area (Å²) in [6.07, 6.45) is 7.10. The van der Waals surface area contributed by atoms with Gasteiger partial charge in [0.05, 0.1) is 6.54 Å². The number of nitrogens with zero attached hydrogens (tertiary/aromatic N) is 4. The number of aryl methyl sites for hydroxylation is 2. The molecule has 1 amide bonds. The van der Waals surface area contributed by atoms with Crippen molar-refractivity contribution < 1.29 is 9.53 Å². The van der Waals surface area contributed by atoms with E-state index < -0.39 is 0 Å². The third-order valence-corrected chi connectivity index (χ3v) is 6.85. The molecule has 2 fully saturated rings. The summed E-state index contributed by atoms with van der Waals surface area (Å²) >= 11 is 1.85. The molecule has 0 aliphatic carbocycles. The van der Waals surface area contributed by atoms with Crippen LogP contribution in [0.25, 0.3) is 5.57 Å². The van der Waals surface area contributed by atoms with Gasteiger partial charge in [-0.2, -0.15) is 0 Å². The molecule has 0 unspecified atom stereocenters. The maximum atomic E-state index is 11.6. The largest absolute Gasteiger partial charge is 0.448 e. The van der Waals surface area contributed by atoms with Crippen LogP contribution in [0, 0.1) is 0 Å². The minimum Gasteiger partial charge on any atom is -0.448 e. The van der Waals surface area contributed by atoms with Gasteiger partial charge in [0.15, 0.2) is 0 Å². The van der Waals surface area contributed by atoms with Crippen LogP contribution in [0.4, 0.5) is 4.79 Å². The molecule has 5 rings (SSSR count). The highest BCUT2D eigenvalue weighted by Gasteiger charge is 2.27. The predicted molar refractivity (Wildman–Crippen MR) is 105 cm³/mol. The fourth-order valence-electron chi connectivity index (χ4n) is 4.32. The maximum Gasteiger partial charge on any atom is 0.409 e. The molecule has 7 heteroatoms. The van der Waals surface area contributed by atoms with Gasteiger partial charge in [0.2, 0.25) is 0 Å². The predicted octanol–water partition coefficient (Wildman–Crippen LogP) is 2.85. The first-order chi connectivity index (χ1) is 13.3. The van der Waals surface area contributed by atoms with Gasteiger partial charge in [-0.25, -0.2) is 9.78 Å². The average molecular weight is 385 g/mol. The number of piperidine rings is 1. The normalized spacial score (nSPS) is 20.4. The standard InChI is InChI=1S/C20H24N4O2S/c25-20-24(12-13-26-20)11-10-22-6-1-15(2-7-22)17-18-16(4-14-27-18)3-8-23-9-5-21-19(17)23/h4-5,9,14H,1-3,6-8,10-13H2. The van der Waals surface area contributed by atoms with Crippen LogP contribution in [0.1, 0.15) is 29.1 Å². The molecule has 142 valence electrons. The topological polar surface area (TPSA) is 50.6 Å². The summed E-state index contributed by atoms with van der Waals surface area (Å²) < 4.78 is 7.32.